The molecule has 7 atom stereocenters. The normalized spacial score (nSPS) is 23.2. The van der Waals surface area contributed by atoms with Crippen LogP contribution >= 0.6 is 23.5 Å². The smallest absolute Gasteiger partial charge is 0.383 e. The SMILES string of the molecule is CC(C)CCNC(=O)CCNC(=O)[C@H](O)C(C)(C)COP(=O)(O)OP(=O)(O)O[C@H]1O[C@@H](n2cnc3c(N)ncnc32)[C@H](C)[C@@H]1OP(=O)(O)O. The summed E-state index contributed by atoms with van der Waals surface area (Å²) in [5.74, 6) is -1.88. The highest BCUT2D eigenvalue weighted by Gasteiger charge is 2.52. The van der Waals surface area contributed by atoms with Crippen LogP contribution < -0.4 is 16.4 Å². The summed E-state index contributed by atoms with van der Waals surface area (Å²) in [5, 5.41) is 15.6. The summed E-state index contributed by atoms with van der Waals surface area (Å²) in [6.07, 6.45) is -3.88. The average Bonchev–Trinajstić information content (AvgIpc) is 3.51. The summed E-state index contributed by atoms with van der Waals surface area (Å²) in [5.41, 5.74) is 4.49. The molecular formula is C24H42N7O15P3. The molecule has 0 aromatic carbocycles. The van der Waals surface area contributed by atoms with Crippen molar-refractivity contribution in [3.8, 4) is 0 Å². The molecule has 22 nitrogen and oxygen atoms in total. The molecule has 25 heteroatoms. The summed E-state index contributed by atoms with van der Waals surface area (Å²) in [7, 11) is -16.4. The Balaban J connectivity index is 1.62. The fraction of sp³-hybridized carbons (Fsp3) is 0.708. The number of hydrogen-bond acceptors (Lipinski definition) is 15. The number of nitrogen functional groups attached to an aromatic ring is 1. The van der Waals surface area contributed by atoms with Crippen LogP contribution in [0, 0.1) is 17.3 Å². The lowest BCUT2D eigenvalue weighted by atomic mass is 9.87. The Morgan fingerprint density at radius 1 is 1.06 bits per heavy atom. The number of carbonyl (C=O) groups excluding carboxylic acids is 2. The number of aliphatic hydroxyl groups excluding tert-OH is 1. The molecule has 278 valence electrons. The number of nitrogens with one attached hydrogen (secondary N) is 2. The molecule has 0 spiro atoms. The van der Waals surface area contributed by atoms with E-state index in [-0.39, 0.29) is 35.9 Å². The minimum atomic E-state index is -5.66. The molecule has 3 heterocycles. The first-order valence-electron chi connectivity index (χ1n) is 14.8. The predicted molar refractivity (Wildman–Crippen MR) is 167 cm³/mol. The number of aliphatic hydroxyl groups is 1. The summed E-state index contributed by atoms with van der Waals surface area (Å²) in [6.45, 7) is 7.44. The minimum absolute atomic E-state index is 0.00504. The zero-order chi connectivity index (χ0) is 36.9. The van der Waals surface area contributed by atoms with Crippen molar-refractivity contribution in [3.05, 3.63) is 12.7 Å². The van der Waals surface area contributed by atoms with E-state index in [0.717, 1.165) is 12.7 Å². The molecule has 0 aliphatic carbocycles. The van der Waals surface area contributed by atoms with E-state index in [1.165, 1.54) is 31.7 Å². The van der Waals surface area contributed by atoms with Crippen LogP contribution in [0.4, 0.5) is 5.82 Å². The molecule has 1 saturated heterocycles. The van der Waals surface area contributed by atoms with Crippen LogP contribution in [-0.4, -0.2) is 94.2 Å². The quantitative estimate of drug-likeness (QED) is 0.0968. The third kappa shape index (κ3) is 11.8. The van der Waals surface area contributed by atoms with Crippen LogP contribution in [0.3, 0.4) is 0 Å². The number of amides is 2. The van der Waals surface area contributed by atoms with Gasteiger partial charge in [0.25, 0.3) is 0 Å². The van der Waals surface area contributed by atoms with Crippen LogP contribution in [-0.2, 0) is 45.9 Å². The van der Waals surface area contributed by atoms with Gasteiger partial charge >= 0.3 is 23.5 Å². The summed E-state index contributed by atoms with van der Waals surface area (Å²) >= 11 is 0. The van der Waals surface area contributed by atoms with Crippen molar-refractivity contribution in [2.45, 2.75) is 72.2 Å². The fourth-order valence-electron chi connectivity index (χ4n) is 4.48. The first-order chi connectivity index (χ1) is 22.5. The first-order valence-corrected chi connectivity index (χ1v) is 19.3. The Morgan fingerprint density at radius 2 is 1.73 bits per heavy atom. The lowest BCUT2D eigenvalue weighted by Crippen LogP contribution is -2.46. The van der Waals surface area contributed by atoms with Gasteiger partial charge in [-0.15, -0.1) is 0 Å². The third-order valence-corrected chi connectivity index (χ3v) is 10.3. The molecule has 2 amide bonds. The molecule has 1 aliphatic rings. The predicted octanol–water partition coefficient (Wildman–Crippen LogP) is 0.684. The van der Waals surface area contributed by atoms with Crippen molar-refractivity contribution in [2.75, 3.05) is 25.4 Å². The highest BCUT2D eigenvalue weighted by Crippen LogP contribution is 2.63. The molecule has 0 bridgehead atoms. The van der Waals surface area contributed by atoms with Crippen molar-refractivity contribution < 1.29 is 70.6 Å². The van der Waals surface area contributed by atoms with Crippen molar-refractivity contribution in [3.63, 3.8) is 0 Å². The highest BCUT2D eigenvalue weighted by molar-refractivity contribution is 7.61. The number of ether oxygens (including phenoxy) is 1. The lowest BCUT2D eigenvalue weighted by molar-refractivity contribution is -0.137. The number of nitrogens with two attached hydrogens (primary N) is 1. The van der Waals surface area contributed by atoms with Gasteiger partial charge in [0.05, 0.1) is 12.9 Å². The van der Waals surface area contributed by atoms with Crippen molar-refractivity contribution in [2.24, 2.45) is 17.3 Å². The van der Waals surface area contributed by atoms with Gasteiger partial charge in [-0.1, -0.05) is 34.6 Å². The molecule has 0 saturated carbocycles. The van der Waals surface area contributed by atoms with E-state index in [4.69, 9.17) is 24.0 Å². The van der Waals surface area contributed by atoms with Gasteiger partial charge in [-0.2, -0.15) is 4.31 Å². The Morgan fingerprint density at radius 3 is 2.37 bits per heavy atom. The number of anilines is 1. The molecule has 2 aromatic heterocycles. The Hall–Kier alpha value is -2.42. The topological polar surface area (TPSA) is 326 Å². The van der Waals surface area contributed by atoms with Crippen molar-refractivity contribution in [1.82, 2.24) is 30.2 Å². The Bertz CT molecular complexity index is 1620. The monoisotopic (exact) mass is 761 g/mol. The van der Waals surface area contributed by atoms with Crippen LogP contribution in [0.25, 0.3) is 11.2 Å². The van der Waals surface area contributed by atoms with Gasteiger partial charge < -0.3 is 45.8 Å². The second kappa shape index (κ2) is 16.3. The van der Waals surface area contributed by atoms with E-state index in [1.54, 1.807) is 0 Å². The molecule has 1 aliphatic heterocycles. The van der Waals surface area contributed by atoms with Gasteiger partial charge in [0.1, 0.15) is 30.3 Å². The molecule has 9 N–H and O–H groups in total. The second-order valence-corrected chi connectivity index (χ2v) is 16.4. The van der Waals surface area contributed by atoms with Gasteiger partial charge in [-0.05, 0) is 12.3 Å². The van der Waals surface area contributed by atoms with Crippen molar-refractivity contribution >= 4 is 52.3 Å². The second-order valence-electron chi connectivity index (χ2n) is 12.3. The number of imidazole rings is 1. The standard InChI is InChI=1S/C24H42N7O15P3/c1-13(2)6-8-26-15(32)7-9-27-21(34)18(33)24(4,5)10-42-48(38,39)46-49(40,41)45-23-17(44-47(35,36)37)14(3)22(43-23)31-12-30-16-19(25)28-11-29-20(16)31/h11-14,17-18,22-23,33H,6-10H2,1-5H3,(H,26,32)(H,27,34)(H,38,39)(H,40,41)(H2,25,28,29)(H2,35,36,37)/t14-,17+,18+,22-,23-/m1/s1. The van der Waals surface area contributed by atoms with Gasteiger partial charge in [0, 0.05) is 30.8 Å². The van der Waals surface area contributed by atoms with E-state index in [9.17, 15) is 48.0 Å². The van der Waals surface area contributed by atoms with Crippen LogP contribution in [0.15, 0.2) is 12.7 Å². The molecule has 49 heavy (non-hydrogen) atoms. The first kappa shape index (κ1) is 41.0. The summed E-state index contributed by atoms with van der Waals surface area (Å²) in [6, 6.07) is 0. The van der Waals surface area contributed by atoms with Crippen LogP contribution in [0.5, 0.6) is 0 Å². The molecule has 0 radical (unpaired) electrons. The molecule has 3 rings (SSSR count). The number of nitrogens with zero attached hydrogens (tertiary/aromatic N) is 4. The van der Waals surface area contributed by atoms with Gasteiger partial charge in [0.15, 0.2) is 17.8 Å². The molecule has 2 unspecified atom stereocenters. The van der Waals surface area contributed by atoms with E-state index < -0.39 is 72.0 Å². The Kier molecular flexibility index (Phi) is 13.6. The van der Waals surface area contributed by atoms with Gasteiger partial charge in [0.2, 0.25) is 11.8 Å². The van der Waals surface area contributed by atoms with E-state index >= 15 is 0 Å². The average molecular weight is 762 g/mol. The lowest BCUT2D eigenvalue weighted by Gasteiger charge is -2.30. The number of fused-ring (bicyclic) bond motifs is 1. The maximum Gasteiger partial charge on any atom is 0.483 e. The maximum atomic E-state index is 12.9. The fourth-order valence-corrected chi connectivity index (χ4v) is 7.41. The number of carbonyl (C=O) groups is 2. The zero-order valence-electron chi connectivity index (χ0n) is 27.2. The number of phosphoric acid groups is 3. The molecular weight excluding hydrogens is 719 g/mol. The van der Waals surface area contributed by atoms with E-state index in [1.807, 2.05) is 13.8 Å². The largest absolute Gasteiger partial charge is 0.483 e. The maximum absolute atomic E-state index is 12.9. The number of phosphoric ester groups is 3. The van der Waals surface area contributed by atoms with Crippen LogP contribution in [0.1, 0.15) is 53.7 Å². The minimum Gasteiger partial charge on any atom is -0.383 e. The van der Waals surface area contributed by atoms with E-state index in [2.05, 4.69) is 29.9 Å². The summed E-state index contributed by atoms with van der Waals surface area (Å²) < 4.78 is 62.9. The van der Waals surface area contributed by atoms with Gasteiger partial charge in [-0.25, -0.2) is 28.6 Å². The Labute approximate surface area is 280 Å². The third-order valence-electron chi connectivity index (χ3n) is 7.16. The van der Waals surface area contributed by atoms with E-state index in [0.29, 0.717) is 12.5 Å². The van der Waals surface area contributed by atoms with Crippen LogP contribution in [0.2, 0.25) is 0 Å². The number of hydrogen-bond donors (Lipinski definition) is 8. The van der Waals surface area contributed by atoms with Gasteiger partial charge in [-0.3, -0.25) is 27.7 Å². The number of aromatic nitrogens is 4. The van der Waals surface area contributed by atoms with Crippen molar-refractivity contribution in [1.29, 1.82) is 0 Å². The molecule has 1 fully saturated rings. The highest BCUT2D eigenvalue weighted by atomic mass is 31.3. The molecule has 2 aromatic rings. The number of rotatable bonds is 18. The summed E-state index contributed by atoms with van der Waals surface area (Å²) in [4.78, 5) is 75.8. The zero-order valence-corrected chi connectivity index (χ0v) is 29.9.